The third kappa shape index (κ3) is 4.80. The van der Waals surface area contributed by atoms with Gasteiger partial charge in [0.2, 0.25) is 11.0 Å². The first kappa shape index (κ1) is 26.0. The molecule has 2 aromatic heterocycles. The smallest absolute Gasteiger partial charge is 0.234 e. The number of ether oxygens (including phenoxy) is 1. The van der Waals surface area contributed by atoms with Crippen molar-refractivity contribution in [3.05, 3.63) is 68.8 Å². The van der Waals surface area contributed by atoms with Crippen molar-refractivity contribution in [2.75, 3.05) is 23.1 Å². The molecule has 12 heteroatoms. The minimum absolute atomic E-state index is 0.0291. The third-order valence-corrected chi connectivity index (χ3v) is 9.50. The maximum atomic E-state index is 13.2. The van der Waals surface area contributed by atoms with Crippen molar-refractivity contribution >= 4 is 56.9 Å². The first-order valence-electron chi connectivity index (χ1n) is 11.8. The Balaban J connectivity index is 1.41. The van der Waals surface area contributed by atoms with E-state index in [1.165, 1.54) is 34.4 Å². The van der Waals surface area contributed by atoms with E-state index in [-0.39, 0.29) is 23.3 Å². The van der Waals surface area contributed by atoms with E-state index in [9.17, 15) is 14.9 Å². The van der Waals surface area contributed by atoms with Crippen molar-refractivity contribution in [2.24, 2.45) is 5.73 Å². The summed E-state index contributed by atoms with van der Waals surface area (Å²) in [6.45, 7) is 1.98. The number of ketones is 1. The number of carbonyl (C=O) groups is 2. The summed E-state index contributed by atoms with van der Waals surface area (Å²) in [5, 5.41) is 24.0. The van der Waals surface area contributed by atoms with Crippen LogP contribution < -0.4 is 20.7 Å². The van der Waals surface area contributed by atoms with E-state index in [2.05, 4.69) is 21.6 Å². The number of amides is 1. The van der Waals surface area contributed by atoms with Gasteiger partial charge in [0.05, 0.1) is 36.1 Å². The van der Waals surface area contributed by atoms with E-state index in [1.54, 1.807) is 24.1 Å². The number of Topliss-reactive ketones (excluding diaryl/α,β-unsaturated/α-hetero) is 1. The summed E-state index contributed by atoms with van der Waals surface area (Å²) >= 11 is 4.04. The van der Waals surface area contributed by atoms with E-state index in [4.69, 9.17) is 10.5 Å². The number of para-hydroxylation sites is 2. The lowest BCUT2D eigenvalue weighted by Crippen LogP contribution is -2.38. The van der Waals surface area contributed by atoms with Gasteiger partial charge in [-0.1, -0.05) is 35.2 Å². The molecule has 1 aliphatic heterocycles. The predicted octanol–water partition coefficient (Wildman–Crippen LogP) is 4.95. The topological polar surface area (TPSA) is 134 Å². The molecule has 3 heterocycles. The second-order valence-corrected chi connectivity index (χ2v) is 11.8. The lowest BCUT2D eigenvalue weighted by molar-refractivity contribution is -0.116. The molecule has 1 aliphatic carbocycles. The largest absolute Gasteiger partial charge is 0.495 e. The number of methoxy groups -OCH3 is 1. The van der Waals surface area contributed by atoms with Crippen LogP contribution >= 0.6 is 34.4 Å². The fourth-order valence-electron chi connectivity index (χ4n) is 4.66. The van der Waals surface area contributed by atoms with E-state index in [0.29, 0.717) is 51.3 Å². The van der Waals surface area contributed by atoms with Gasteiger partial charge >= 0.3 is 0 Å². The molecule has 0 saturated carbocycles. The van der Waals surface area contributed by atoms with Gasteiger partial charge in [-0.25, -0.2) is 0 Å². The number of thioether (sulfide) groups is 1. The van der Waals surface area contributed by atoms with Crippen LogP contribution in [-0.2, 0) is 9.59 Å². The number of nitrogens with two attached hydrogens (primary N) is 1. The Morgan fingerprint density at radius 2 is 2.13 bits per heavy atom. The molecule has 0 fully saturated rings. The monoisotopic (exact) mass is 564 g/mol. The highest BCUT2D eigenvalue weighted by Gasteiger charge is 2.42. The van der Waals surface area contributed by atoms with E-state index in [0.717, 1.165) is 16.1 Å². The molecule has 0 spiro atoms. The van der Waals surface area contributed by atoms with E-state index < -0.39 is 5.92 Å². The standard InChI is InChI=1S/C26H24N6O3S3/c1-14-10-11-36-23(14)21-15(12-27)24(28)32(17-7-5-8-18(33)22(17)21)25-30-31-26(38-25)37-13-20(34)29-16-6-3-4-9-19(16)35-2/h3-4,6,9-11,21H,5,7-8,13,28H2,1-2H3,(H,29,34). The van der Waals surface area contributed by atoms with Gasteiger partial charge in [-0.05, 0) is 48.9 Å². The molecule has 0 radical (unpaired) electrons. The second kappa shape index (κ2) is 11.0. The molecule has 3 N–H and O–H groups in total. The average molecular weight is 565 g/mol. The first-order valence-corrected chi connectivity index (χ1v) is 14.5. The fraction of sp³-hybridized carbons (Fsp3) is 0.269. The SMILES string of the molecule is COc1ccccc1NC(=O)CSc1nnc(N2C(N)=C(C#N)C(c3sccc3C)C3=C2CCCC3=O)s1. The Labute approximate surface area is 232 Å². The van der Waals surface area contributed by atoms with Crippen LogP contribution in [0.5, 0.6) is 5.75 Å². The van der Waals surface area contributed by atoms with Crippen LogP contribution in [0.3, 0.4) is 0 Å². The summed E-state index contributed by atoms with van der Waals surface area (Å²) in [6, 6.07) is 11.4. The number of benzene rings is 1. The van der Waals surface area contributed by atoms with Crippen molar-refractivity contribution in [3.63, 3.8) is 0 Å². The number of hydrogen-bond donors (Lipinski definition) is 2. The number of allylic oxidation sites excluding steroid dienone is 3. The molecule has 0 bridgehead atoms. The molecular formula is C26H24N6O3S3. The number of nitriles is 1. The van der Waals surface area contributed by atoms with Gasteiger partial charge in [-0.3, -0.25) is 14.5 Å². The van der Waals surface area contributed by atoms with Crippen molar-refractivity contribution in [1.29, 1.82) is 5.26 Å². The first-order chi connectivity index (χ1) is 18.4. The zero-order chi connectivity index (χ0) is 26.8. The third-order valence-electron chi connectivity index (χ3n) is 6.37. The average Bonchev–Trinajstić information content (AvgIpc) is 3.56. The maximum absolute atomic E-state index is 13.2. The number of nitrogens with one attached hydrogen (secondary N) is 1. The summed E-state index contributed by atoms with van der Waals surface area (Å²) in [4.78, 5) is 28.4. The van der Waals surface area contributed by atoms with Crippen molar-refractivity contribution in [1.82, 2.24) is 10.2 Å². The normalized spacial score (nSPS) is 17.3. The summed E-state index contributed by atoms with van der Waals surface area (Å²) in [7, 11) is 1.55. The van der Waals surface area contributed by atoms with Crippen LogP contribution in [0.25, 0.3) is 0 Å². The van der Waals surface area contributed by atoms with Gasteiger partial charge in [-0.2, -0.15) is 5.26 Å². The number of hydrogen-bond acceptors (Lipinski definition) is 11. The zero-order valence-electron chi connectivity index (χ0n) is 20.7. The minimum Gasteiger partial charge on any atom is -0.495 e. The second-order valence-electron chi connectivity index (χ2n) is 8.67. The summed E-state index contributed by atoms with van der Waals surface area (Å²) < 4.78 is 5.85. The number of carbonyl (C=O) groups excluding carboxylic acids is 2. The molecular weight excluding hydrogens is 541 g/mol. The molecule has 1 amide bonds. The number of nitrogens with zero attached hydrogens (tertiary/aromatic N) is 4. The molecule has 1 unspecified atom stereocenters. The molecule has 3 aromatic rings. The number of aromatic nitrogens is 2. The Morgan fingerprint density at radius 3 is 2.87 bits per heavy atom. The molecule has 194 valence electrons. The number of thiophene rings is 1. The molecule has 0 saturated heterocycles. The number of anilines is 2. The van der Waals surface area contributed by atoms with Crippen molar-refractivity contribution in [3.8, 4) is 11.8 Å². The lowest BCUT2D eigenvalue weighted by Gasteiger charge is -2.37. The lowest BCUT2D eigenvalue weighted by atomic mass is 9.78. The highest BCUT2D eigenvalue weighted by molar-refractivity contribution is 8.01. The zero-order valence-corrected chi connectivity index (χ0v) is 23.1. The van der Waals surface area contributed by atoms with Gasteiger partial charge in [0.1, 0.15) is 11.6 Å². The predicted molar refractivity (Wildman–Crippen MR) is 149 cm³/mol. The van der Waals surface area contributed by atoms with Crippen LogP contribution in [0, 0.1) is 18.3 Å². The molecule has 1 atom stereocenters. The quantitative estimate of drug-likeness (QED) is 0.382. The van der Waals surface area contributed by atoms with Crippen LogP contribution in [-0.4, -0.2) is 34.8 Å². The Kier molecular flexibility index (Phi) is 7.51. The van der Waals surface area contributed by atoms with Gasteiger partial charge in [-0.15, -0.1) is 21.5 Å². The van der Waals surface area contributed by atoms with Crippen LogP contribution in [0.1, 0.15) is 35.6 Å². The molecule has 38 heavy (non-hydrogen) atoms. The minimum atomic E-state index is -0.473. The summed E-state index contributed by atoms with van der Waals surface area (Å²) in [5.74, 6) is 0.304. The van der Waals surface area contributed by atoms with Crippen LogP contribution in [0.2, 0.25) is 0 Å². The highest BCUT2D eigenvalue weighted by Crippen LogP contribution is 2.48. The van der Waals surface area contributed by atoms with Crippen LogP contribution in [0.4, 0.5) is 10.8 Å². The fourth-order valence-corrected chi connectivity index (χ4v) is 7.39. The van der Waals surface area contributed by atoms with Gasteiger partial charge in [0.25, 0.3) is 0 Å². The maximum Gasteiger partial charge on any atom is 0.234 e. The van der Waals surface area contributed by atoms with E-state index >= 15 is 0 Å². The number of rotatable bonds is 7. The Hall–Kier alpha value is -3.66. The Bertz CT molecular complexity index is 1520. The summed E-state index contributed by atoms with van der Waals surface area (Å²) in [5.41, 5.74) is 9.96. The van der Waals surface area contributed by atoms with Crippen molar-refractivity contribution in [2.45, 2.75) is 36.4 Å². The van der Waals surface area contributed by atoms with Crippen molar-refractivity contribution < 1.29 is 14.3 Å². The Morgan fingerprint density at radius 1 is 1.32 bits per heavy atom. The highest BCUT2D eigenvalue weighted by atomic mass is 32.2. The molecule has 2 aliphatic rings. The molecule has 9 nitrogen and oxygen atoms in total. The van der Waals surface area contributed by atoms with Gasteiger partial charge in [0, 0.05) is 22.6 Å². The van der Waals surface area contributed by atoms with Gasteiger partial charge < -0.3 is 15.8 Å². The molecule has 1 aromatic carbocycles. The molecule has 5 rings (SSSR count). The summed E-state index contributed by atoms with van der Waals surface area (Å²) in [6.07, 6.45) is 1.78. The number of aryl methyl sites for hydroxylation is 1. The van der Waals surface area contributed by atoms with E-state index in [1.807, 2.05) is 30.5 Å². The van der Waals surface area contributed by atoms with Gasteiger partial charge in [0.15, 0.2) is 10.1 Å². The van der Waals surface area contributed by atoms with Crippen LogP contribution in [0.15, 0.2) is 62.7 Å².